The minimum absolute atomic E-state index is 0.175. The smallest absolute Gasteiger partial charge is 0.236 e. The molecule has 2 aromatic heterocycles. The molecule has 0 aliphatic heterocycles. The van der Waals surface area contributed by atoms with Gasteiger partial charge in [-0.25, -0.2) is 0 Å². The molecule has 152 valence electrons. The summed E-state index contributed by atoms with van der Waals surface area (Å²) in [6.07, 6.45) is 0. The van der Waals surface area contributed by atoms with Crippen LogP contribution in [0.25, 0.3) is 11.4 Å². The van der Waals surface area contributed by atoms with Crippen LogP contribution in [0.15, 0.2) is 74.8 Å². The van der Waals surface area contributed by atoms with Crippen LogP contribution in [0.2, 0.25) is 0 Å². The Morgan fingerprint density at radius 2 is 1.90 bits per heavy atom. The Morgan fingerprint density at radius 1 is 1.13 bits per heavy atom. The fourth-order valence-corrected chi connectivity index (χ4v) is 4.08. The standard InChI is InChI=1S/C21H18BrN5O2S/c1-14-11-18(26-29-14)23-19(28)13-30-21-25-24-20(16-9-5-6-10-17(16)22)27(21)12-15-7-3-2-4-8-15/h2-11H,12-13H2,1H3,(H,23,26,28). The quantitative estimate of drug-likeness (QED) is 0.380. The lowest BCUT2D eigenvalue weighted by molar-refractivity contribution is -0.113. The maximum Gasteiger partial charge on any atom is 0.236 e. The number of aryl methyl sites for hydroxylation is 1. The normalized spacial score (nSPS) is 10.9. The van der Waals surface area contributed by atoms with Crippen LogP contribution in [0.3, 0.4) is 0 Å². The summed E-state index contributed by atoms with van der Waals surface area (Å²) in [5, 5.41) is 15.9. The molecule has 0 radical (unpaired) electrons. The third-order valence-electron chi connectivity index (χ3n) is 4.24. The molecule has 0 saturated heterocycles. The van der Waals surface area contributed by atoms with Crippen molar-refractivity contribution < 1.29 is 9.32 Å². The Balaban J connectivity index is 1.57. The lowest BCUT2D eigenvalue weighted by atomic mass is 10.2. The Kier molecular flexibility index (Phi) is 6.29. The lowest BCUT2D eigenvalue weighted by Crippen LogP contribution is -2.15. The molecular weight excluding hydrogens is 466 g/mol. The molecule has 1 N–H and O–H groups in total. The molecule has 4 rings (SSSR count). The molecule has 0 saturated carbocycles. The van der Waals surface area contributed by atoms with Crippen molar-refractivity contribution in [2.45, 2.75) is 18.6 Å². The van der Waals surface area contributed by atoms with Crippen molar-refractivity contribution in [2.75, 3.05) is 11.1 Å². The van der Waals surface area contributed by atoms with Crippen LogP contribution in [-0.4, -0.2) is 31.6 Å². The van der Waals surface area contributed by atoms with E-state index in [2.05, 4.69) is 48.7 Å². The van der Waals surface area contributed by atoms with Crippen molar-refractivity contribution >= 4 is 39.4 Å². The summed E-state index contributed by atoms with van der Waals surface area (Å²) < 4.78 is 7.93. The van der Waals surface area contributed by atoms with Gasteiger partial charge in [-0.15, -0.1) is 10.2 Å². The van der Waals surface area contributed by atoms with Gasteiger partial charge in [-0.3, -0.25) is 9.36 Å². The highest BCUT2D eigenvalue weighted by atomic mass is 79.9. The van der Waals surface area contributed by atoms with Crippen LogP contribution in [0.4, 0.5) is 5.82 Å². The van der Waals surface area contributed by atoms with Gasteiger partial charge in [0.25, 0.3) is 0 Å². The Morgan fingerprint density at radius 3 is 2.63 bits per heavy atom. The van der Waals surface area contributed by atoms with Gasteiger partial charge in [0.2, 0.25) is 5.91 Å². The summed E-state index contributed by atoms with van der Waals surface area (Å²) >= 11 is 4.92. The molecule has 7 nitrogen and oxygen atoms in total. The summed E-state index contributed by atoms with van der Waals surface area (Å²) in [4.78, 5) is 12.3. The van der Waals surface area contributed by atoms with Gasteiger partial charge in [0, 0.05) is 16.1 Å². The number of rotatable bonds is 7. The number of amides is 1. The minimum Gasteiger partial charge on any atom is -0.360 e. The Labute approximate surface area is 186 Å². The Hall–Kier alpha value is -2.91. The van der Waals surface area contributed by atoms with Crippen molar-refractivity contribution in [1.29, 1.82) is 0 Å². The van der Waals surface area contributed by atoms with Crippen molar-refractivity contribution in [2.24, 2.45) is 0 Å². The van der Waals surface area contributed by atoms with Crippen LogP contribution < -0.4 is 5.32 Å². The van der Waals surface area contributed by atoms with Gasteiger partial charge in [0.05, 0.1) is 12.3 Å². The van der Waals surface area contributed by atoms with Crippen LogP contribution >= 0.6 is 27.7 Å². The molecule has 0 bridgehead atoms. The Bertz CT molecular complexity index is 1160. The number of benzene rings is 2. The molecule has 30 heavy (non-hydrogen) atoms. The van der Waals surface area contributed by atoms with Gasteiger partial charge in [-0.2, -0.15) is 0 Å². The molecular formula is C21H18BrN5O2S. The van der Waals surface area contributed by atoms with Gasteiger partial charge in [0.15, 0.2) is 16.8 Å². The number of hydrogen-bond donors (Lipinski definition) is 1. The highest BCUT2D eigenvalue weighted by Gasteiger charge is 2.18. The first kappa shape index (κ1) is 20.4. The largest absolute Gasteiger partial charge is 0.360 e. The maximum atomic E-state index is 12.3. The SMILES string of the molecule is Cc1cc(NC(=O)CSc2nnc(-c3ccccc3Br)n2Cc2ccccc2)no1. The van der Waals surface area contributed by atoms with Crippen LogP contribution in [0.1, 0.15) is 11.3 Å². The maximum absolute atomic E-state index is 12.3. The van der Waals surface area contributed by atoms with E-state index in [1.165, 1.54) is 11.8 Å². The van der Waals surface area contributed by atoms with Crippen molar-refractivity contribution in [3.63, 3.8) is 0 Å². The van der Waals surface area contributed by atoms with E-state index < -0.39 is 0 Å². The second-order valence-electron chi connectivity index (χ2n) is 6.52. The second kappa shape index (κ2) is 9.27. The first-order valence-corrected chi connectivity index (χ1v) is 11.0. The van der Waals surface area contributed by atoms with Gasteiger partial charge in [-0.1, -0.05) is 81.4 Å². The molecule has 1 amide bonds. The number of nitrogens with one attached hydrogen (secondary N) is 1. The molecule has 2 heterocycles. The number of carbonyl (C=O) groups is 1. The number of anilines is 1. The predicted molar refractivity (Wildman–Crippen MR) is 119 cm³/mol. The number of aromatic nitrogens is 4. The van der Waals surface area contributed by atoms with E-state index in [4.69, 9.17) is 4.52 Å². The fourth-order valence-electron chi connectivity index (χ4n) is 2.88. The third kappa shape index (κ3) is 4.80. The van der Waals surface area contributed by atoms with Crippen LogP contribution in [0, 0.1) is 6.92 Å². The fraction of sp³-hybridized carbons (Fsp3) is 0.143. The number of halogens is 1. The molecule has 0 fully saturated rings. The second-order valence-corrected chi connectivity index (χ2v) is 8.31. The molecule has 0 spiro atoms. The number of hydrogen-bond acceptors (Lipinski definition) is 6. The van der Waals surface area contributed by atoms with Crippen LogP contribution in [0.5, 0.6) is 0 Å². The van der Waals surface area contributed by atoms with E-state index in [0.29, 0.717) is 23.3 Å². The summed E-state index contributed by atoms with van der Waals surface area (Å²) in [6.45, 7) is 2.36. The first-order chi connectivity index (χ1) is 14.6. The topological polar surface area (TPSA) is 85.8 Å². The van der Waals surface area contributed by atoms with E-state index >= 15 is 0 Å². The zero-order valence-corrected chi connectivity index (χ0v) is 18.5. The average Bonchev–Trinajstić information content (AvgIpc) is 3.33. The van der Waals surface area contributed by atoms with E-state index in [0.717, 1.165) is 21.4 Å². The third-order valence-corrected chi connectivity index (χ3v) is 5.90. The first-order valence-electron chi connectivity index (χ1n) is 9.18. The number of nitrogens with zero attached hydrogens (tertiary/aromatic N) is 4. The summed E-state index contributed by atoms with van der Waals surface area (Å²) in [6, 6.07) is 19.6. The molecule has 0 aliphatic rings. The minimum atomic E-state index is -0.190. The summed E-state index contributed by atoms with van der Waals surface area (Å²) in [5.74, 6) is 1.76. The van der Waals surface area contributed by atoms with E-state index in [-0.39, 0.29) is 11.7 Å². The highest BCUT2D eigenvalue weighted by Crippen LogP contribution is 2.30. The number of carbonyl (C=O) groups excluding carboxylic acids is 1. The van der Waals surface area contributed by atoms with Gasteiger partial charge in [0.1, 0.15) is 5.76 Å². The van der Waals surface area contributed by atoms with E-state index in [1.807, 2.05) is 47.0 Å². The molecule has 0 unspecified atom stereocenters. The zero-order valence-electron chi connectivity index (χ0n) is 16.1. The van der Waals surface area contributed by atoms with Gasteiger partial charge in [-0.05, 0) is 18.6 Å². The molecule has 4 aromatic rings. The van der Waals surface area contributed by atoms with Gasteiger partial charge < -0.3 is 9.84 Å². The zero-order chi connectivity index (χ0) is 20.9. The molecule has 0 atom stereocenters. The van der Waals surface area contributed by atoms with Crippen molar-refractivity contribution in [3.8, 4) is 11.4 Å². The van der Waals surface area contributed by atoms with E-state index in [9.17, 15) is 4.79 Å². The molecule has 2 aromatic carbocycles. The summed E-state index contributed by atoms with van der Waals surface area (Å²) in [7, 11) is 0. The number of thioether (sulfide) groups is 1. The van der Waals surface area contributed by atoms with E-state index in [1.54, 1.807) is 13.0 Å². The summed E-state index contributed by atoms with van der Waals surface area (Å²) in [5.41, 5.74) is 2.06. The van der Waals surface area contributed by atoms with Crippen molar-refractivity contribution in [3.05, 3.63) is 76.5 Å². The molecule has 0 aliphatic carbocycles. The molecule has 9 heteroatoms. The highest BCUT2D eigenvalue weighted by molar-refractivity contribution is 9.10. The van der Waals surface area contributed by atoms with Crippen molar-refractivity contribution in [1.82, 2.24) is 19.9 Å². The predicted octanol–water partition coefficient (Wildman–Crippen LogP) is 4.78. The lowest BCUT2D eigenvalue weighted by Gasteiger charge is -2.11. The monoisotopic (exact) mass is 483 g/mol. The van der Waals surface area contributed by atoms with Crippen LogP contribution in [-0.2, 0) is 11.3 Å². The van der Waals surface area contributed by atoms with Gasteiger partial charge >= 0.3 is 0 Å². The average molecular weight is 484 g/mol.